The van der Waals surface area contributed by atoms with Gasteiger partial charge in [0.15, 0.2) is 0 Å². The van der Waals surface area contributed by atoms with Gasteiger partial charge in [-0.2, -0.15) is 12.9 Å². The molecule has 52 heavy (non-hydrogen) atoms. The molecule has 2 unspecified atom stereocenters. The standard InChI is InChI=1S/C38H46N4O7S3/c1-30-9-15-36(16-10-30)50(43,44)39-21-23-40(51(45,46)37-17-11-31(2)12-18-37)26-34-28-49-29-35(42(34)25-33-7-5-4-6-8-33)27-41(24-22-39)52(47,48)38-19-13-32(3)14-20-38/h4-20,34-35H,21-29H2,1-3H3. The maximum Gasteiger partial charge on any atom is 0.243 e. The highest BCUT2D eigenvalue weighted by Crippen LogP contribution is 2.27. The predicted octanol–water partition coefficient (Wildman–Crippen LogP) is 4.27. The first-order valence-corrected chi connectivity index (χ1v) is 21.6. The Morgan fingerprint density at radius 2 is 0.846 bits per heavy atom. The summed E-state index contributed by atoms with van der Waals surface area (Å²) in [6, 6.07) is 28.5. The van der Waals surface area contributed by atoms with Crippen LogP contribution in [0.15, 0.2) is 118 Å². The number of aryl methyl sites for hydroxylation is 3. The van der Waals surface area contributed by atoms with E-state index in [1.54, 1.807) is 60.7 Å². The number of morpholine rings is 1. The summed E-state index contributed by atoms with van der Waals surface area (Å²) >= 11 is 0. The van der Waals surface area contributed by atoms with E-state index in [0.717, 1.165) is 22.3 Å². The molecule has 11 nitrogen and oxygen atoms in total. The molecule has 2 fully saturated rings. The summed E-state index contributed by atoms with van der Waals surface area (Å²) in [5.41, 5.74) is 3.69. The van der Waals surface area contributed by atoms with Crippen molar-refractivity contribution in [3.05, 3.63) is 125 Å². The Morgan fingerprint density at radius 1 is 0.500 bits per heavy atom. The van der Waals surface area contributed by atoms with Gasteiger partial charge in [-0.15, -0.1) is 0 Å². The highest BCUT2D eigenvalue weighted by molar-refractivity contribution is 7.89. The topological polar surface area (TPSA) is 125 Å². The maximum atomic E-state index is 14.4. The van der Waals surface area contributed by atoms with Crippen LogP contribution in [0.1, 0.15) is 22.3 Å². The van der Waals surface area contributed by atoms with Crippen LogP contribution in [0.4, 0.5) is 0 Å². The van der Waals surface area contributed by atoms with Crippen LogP contribution in [0.3, 0.4) is 0 Å². The Bertz CT molecular complexity index is 2050. The molecule has 4 aromatic carbocycles. The molecule has 6 rings (SSSR count). The molecule has 0 radical (unpaired) electrons. The van der Waals surface area contributed by atoms with E-state index in [-0.39, 0.29) is 67.2 Å². The summed E-state index contributed by atoms with van der Waals surface area (Å²) in [5.74, 6) is 0. The largest absolute Gasteiger partial charge is 0.378 e. The molecule has 2 bridgehead atoms. The zero-order valence-electron chi connectivity index (χ0n) is 29.7. The van der Waals surface area contributed by atoms with Gasteiger partial charge in [0, 0.05) is 57.9 Å². The highest BCUT2D eigenvalue weighted by Gasteiger charge is 2.40. The Balaban J connectivity index is 1.45. The number of rotatable bonds is 8. The van der Waals surface area contributed by atoms with Crippen LogP contribution >= 0.6 is 0 Å². The predicted molar refractivity (Wildman–Crippen MR) is 200 cm³/mol. The molecule has 0 aliphatic carbocycles. The second-order valence-electron chi connectivity index (χ2n) is 13.6. The van der Waals surface area contributed by atoms with Crippen LogP contribution in [-0.2, 0) is 41.4 Å². The van der Waals surface area contributed by atoms with Crippen LogP contribution in [0.5, 0.6) is 0 Å². The van der Waals surface area contributed by atoms with Crippen molar-refractivity contribution < 1.29 is 30.0 Å². The lowest BCUT2D eigenvalue weighted by atomic mass is 10.1. The fraction of sp³-hybridized carbons (Fsp3) is 0.368. The molecule has 2 aliphatic heterocycles. The first-order chi connectivity index (χ1) is 24.7. The van der Waals surface area contributed by atoms with Crippen LogP contribution < -0.4 is 0 Å². The van der Waals surface area contributed by atoms with Gasteiger partial charge in [0.25, 0.3) is 0 Å². The van der Waals surface area contributed by atoms with Crippen molar-refractivity contribution in [2.45, 2.75) is 54.1 Å². The molecule has 278 valence electrons. The summed E-state index contributed by atoms with van der Waals surface area (Å²) in [6.07, 6.45) is 0. The minimum absolute atomic E-state index is 0.00265. The molecule has 2 heterocycles. The van der Waals surface area contributed by atoms with E-state index in [4.69, 9.17) is 4.74 Å². The van der Waals surface area contributed by atoms with Gasteiger partial charge in [-0.1, -0.05) is 83.4 Å². The van der Waals surface area contributed by atoms with Crippen molar-refractivity contribution in [1.29, 1.82) is 0 Å². The van der Waals surface area contributed by atoms with Gasteiger partial charge in [-0.05, 0) is 62.7 Å². The first-order valence-electron chi connectivity index (χ1n) is 17.3. The van der Waals surface area contributed by atoms with Crippen molar-refractivity contribution in [3.63, 3.8) is 0 Å². The lowest BCUT2D eigenvalue weighted by Crippen LogP contribution is -2.60. The molecule has 4 aromatic rings. The average Bonchev–Trinajstić information content (AvgIpc) is 3.12. The minimum Gasteiger partial charge on any atom is -0.378 e. The third-order valence-electron chi connectivity index (χ3n) is 9.77. The molecule has 0 N–H and O–H groups in total. The van der Waals surface area contributed by atoms with Crippen molar-refractivity contribution in [1.82, 2.24) is 17.8 Å². The molecule has 2 aliphatic rings. The van der Waals surface area contributed by atoms with Gasteiger partial charge in [0.1, 0.15) is 0 Å². The average molecular weight is 767 g/mol. The molecule has 2 saturated heterocycles. The van der Waals surface area contributed by atoms with E-state index >= 15 is 0 Å². The Kier molecular flexibility index (Phi) is 11.7. The number of benzene rings is 4. The summed E-state index contributed by atoms with van der Waals surface area (Å²) in [7, 11) is -12.3. The molecule has 2 atom stereocenters. The second-order valence-corrected chi connectivity index (χ2v) is 19.4. The van der Waals surface area contributed by atoms with Crippen LogP contribution in [0.25, 0.3) is 0 Å². The van der Waals surface area contributed by atoms with Crippen molar-refractivity contribution in [2.24, 2.45) is 0 Å². The number of fused-ring (bicyclic) bond motifs is 2. The molecule has 0 spiro atoms. The van der Waals surface area contributed by atoms with Gasteiger partial charge in [0.2, 0.25) is 30.1 Å². The third-order valence-corrected chi connectivity index (χ3v) is 15.4. The van der Waals surface area contributed by atoms with Gasteiger partial charge in [0.05, 0.1) is 27.9 Å². The number of hydrogen-bond acceptors (Lipinski definition) is 8. The molecule has 14 heteroatoms. The van der Waals surface area contributed by atoms with Crippen molar-refractivity contribution >= 4 is 30.1 Å². The van der Waals surface area contributed by atoms with Gasteiger partial charge >= 0.3 is 0 Å². The van der Waals surface area contributed by atoms with E-state index in [2.05, 4.69) is 4.90 Å². The number of nitrogens with zero attached hydrogens (tertiary/aromatic N) is 4. The molecular formula is C38H46N4O7S3. The lowest BCUT2D eigenvalue weighted by molar-refractivity contribution is -0.0627. The fourth-order valence-corrected chi connectivity index (χ4v) is 11.0. The summed E-state index contributed by atoms with van der Waals surface area (Å²) in [5, 5.41) is 0. The number of hydrogen-bond donors (Lipinski definition) is 0. The quantitative estimate of drug-likeness (QED) is 0.261. The first kappa shape index (κ1) is 38.3. The Labute approximate surface area is 308 Å². The van der Waals surface area contributed by atoms with E-state index in [1.165, 1.54) is 25.0 Å². The monoisotopic (exact) mass is 766 g/mol. The molecular weight excluding hydrogens is 721 g/mol. The number of ether oxygens (including phenoxy) is 1. The van der Waals surface area contributed by atoms with E-state index in [1.807, 2.05) is 51.1 Å². The second kappa shape index (κ2) is 15.9. The third kappa shape index (κ3) is 8.50. The van der Waals surface area contributed by atoms with Gasteiger partial charge in [-0.3, -0.25) is 4.90 Å². The number of sulfonamides is 3. The molecule has 0 saturated carbocycles. The smallest absolute Gasteiger partial charge is 0.243 e. The normalized spacial score (nSPS) is 20.9. The summed E-state index contributed by atoms with van der Waals surface area (Å²) < 4.78 is 96.1. The lowest BCUT2D eigenvalue weighted by Gasteiger charge is -2.45. The van der Waals surface area contributed by atoms with Crippen molar-refractivity contribution in [2.75, 3.05) is 52.5 Å². The van der Waals surface area contributed by atoms with E-state index in [9.17, 15) is 25.3 Å². The summed E-state index contributed by atoms with van der Waals surface area (Å²) in [6.45, 7) is 5.75. The van der Waals surface area contributed by atoms with E-state index < -0.39 is 42.2 Å². The minimum atomic E-state index is -4.16. The van der Waals surface area contributed by atoms with Crippen molar-refractivity contribution in [3.8, 4) is 0 Å². The van der Waals surface area contributed by atoms with E-state index in [0.29, 0.717) is 6.54 Å². The highest BCUT2D eigenvalue weighted by atomic mass is 32.2. The van der Waals surface area contributed by atoms with Crippen LogP contribution in [0, 0.1) is 20.8 Å². The summed E-state index contributed by atoms with van der Waals surface area (Å²) in [4.78, 5) is 2.41. The Hall–Kier alpha value is -3.47. The van der Waals surface area contributed by atoms with Crippen LogP contribution in [-0.4, -0.2) is 108 Å². The molecule has 0 amide bonds. The molecule has 0 aromatic heterocycles. The SMILES string of the molecule is Cc1ccc(S(=O)(=O)N2CCN(S(=O)(=O)c3ccc(C)cc3)CC3COCC(CN(S(=O)(=O)c4ccc(C)cc4)CC2)N3Cc2ccccc2)cc1. The maximum absolute atomic E-state index is 14.4. The zero-order chi connectivity index (χ0) is 37.1. The fourth-order valence-electron chi connectivity index (χ4n) is 6.66. The van der Waals surface area contributed by atoms with Gasteiger partial charge < -0.3 is 4.74 Å². The zero-order valence-corrected chi connectivity index (χ0v) is 32.2. The Morgan fingerprint density at radius 3 is 1.23 bits per heavy atom. The van der Waals surface area contributed by atoms with Crippen LogP contribution in [0.2, 0.25) is 0 Å². The van der Waals surface area contributed by atoms with Gasteiger partial charge in [-0.25, -0.2) is 25.3 Å².